The molecular formula is C16H41NO3. The zero-order valence-corrected chi connectivity index (χ0v) is 13.9. The number of hydrogen-bond donors (Lipinski definition) is 3. The molecule has 0 amide bonds. The topological polar surface area (TPSA) is 69.6 Å². The van der Waals surface area contributed by atoms with Gasteiger partial charge in [-0.3, -0.25) is 4.79 Å². The highest BCUT2D eigenvalue weighted by Crippen LogP contribution is 2.09. The van der Waals surface area contributed by atoms with Crippen LogP contribution in [0.3, 0.4) is 0 Å². The molecule has 1 aliphatic rings. The van der Waals surface area contributed by atoms with Crippen LogP contribution in [0.25, 0.3) is 0 Å². The predicted octanol–water partition coefficient (Wildman–Crippen LogP) is 4.34. The van der Waals surface area contributed by atoms with Crippen molar-refractivity contribution < 1.29 is 15.0 Å². The Bertz CT molecular complexity index is 106. The lowest BCUT2D eigenvalue weighted by atomic mass is 10.1. The van der Waals surface area contributed by atoms with Gasteiger partial charge in [0, 0.05) is 13.2 Å². The van der Waals surface area contributed by atoms with Gasteiger partial charge in [0.25, 0.3) is 6.47 Å². The average molecular weight is 296 g/mol. The molecule has 1 fully saturated rings. The molecule has 0 aromatic heterocycles. The third-order valence-corrected chi connectivity index (χ3v) is 1.80. The number of carboxylic acid groups (broad SMARTS) is 1. The molecule has 0 aliphatic carbocycles. The Hall–Kier alpha value is -0.870. The lowest BCUT2D eigenvalue weighted by Crippen LogP contribution is -2.20. The van der Waals surface area contributed by atoms with Crippen LogP contribution in [-0.2, 0) is 4.79 Å². The van der Waals surface area contributed by atoms with E-state index in [9.17, 15) is 0 Å². The Morgan fingerprint density at radius 2 is 1.55 bits per heavy atom. The minimum absolute atomic E-state index is 0. The summed E-state index contributed by atoms with van der Waals surface area (Å²) in [6, 6.07) is 0.861. The van der Waals surface area contributed by atoms with E-state index in [4.69, 9.17) is 15.0 Å². The van der Waals surface area contributed by atoms with E-state index in [0.29, 0.717) is 0 Å². The third-order valence-electron chi connectivity index (χ3n) is 1.80. The van der Waals surface area contributed by atoms with Crippen LogP contribution in [-0.4, -0.2) is 36.4 Å². The molecule has 1 unspecified atom stereocenters. The van der Waals surface area contributed by atoms with Crippen molar-refractivity contribution in [2.24, 2.45) is 0 Å². The summed E-state index contributed by atoms with van der Waals surface area (Å²) in [4.78, 5) is 8.36. The van der Waals surface area contributed by atoms with Gasteiger partial charge in [-0.25, -0.2) is 0 Å². The second-order valence-corrected chi connectivity index (χ2v) is 2.69. The number of nitrogens with one attached hydrogen (secondary N) is 1. The zero-order valence-electron chi connectivity index (χ0n) is 13.9. The van der Waals surface area contributed by atoms with Gasteiger partial charge in [-0.15, -0.1) is 13.2 Å². The Balaban J connectivity index is -0.0000000352. The standard InChI is InChI=1S/C7H15N.2C2H6.C2H4.CH2O2.CH4O.CH4/c1-2-4-7-5-3-6-8-7;3*1-2;2-1-3;1-2;/h7-8H,2-6H2,1H3;2*1-2H3;1-2H2;1H,(H,2,3);2H,1H3;1H4. The number of aliphatic hydroxyl groups excluding tert-OH is 1. The molecule has 1 rings (SSSR count). The number of aliphatic hydroxyl groups is 1. The smallest absolute Gasteiger partial charge is 0.290 e. The van der Waals surface area contributed by atoms with Gasteiger partial charge in [0.05, 0.1) is 0 Å². The number of rotatable bonds is 2. The molecule has 20 heavy (non-hydrogen) atoms. The summed E-state index contributed by atoms with van der Waals surface area (Å²) >= 11 is 0. The van der Waals surface area contributed by atoms with Gasteiger partial charge in [0.15, 0.2) is 0 Å². The highest BCUT2D eigenvalue weighted by Gasteiger charge is 2.11. The van der Waals surface area contributed by atoms with Crippen molar-refractivity contribution in [3.63, 3.8) is 0 Å². The summed E-state index contributed by atoms with van der Waals surface area (Å²) in [7, 11) is 1.00. The fourth-order valence-corrected chi connectivity index (χ4v) is 1.35. The van der Waals surface area contributed by atoms with Crippen molar-refractivity contribution in [1.82, 2.24) is 5.32 Å². The third kappa shape index (κ3) is 53.5. The van der Waals surface area contributed by atoms with E-state index in [1.165, 1.54) is 32.2 Å². The molecule has 0 bridgehead atoms. The molecule has 0 aromatic rings. The van der Waals surface area contributed by atoms with Crippen LogP contribution in [0.1, 0.15) is 67.7 Å². The first-order valence-corrected chi connectivity index (χ1v) is 7.11. The van der Waals surface area contributed by atoms with Crippen molar-refractivity contribution in [2.75, 3.05) is 13.7 Å². The number of carbonyl (C=O) groups is 1. The lowest BCUT2D eigenvalue weighted by Gasteiger charge is -2.05. The van der Waals surface area contributed by atoms with Gasteiger partial charge in [0.2, 0.25) is 0 Å². The van der Waals surface area contributed by atoms with Crippen molar-refractivity contribution in [3.05, 3.63) is 13.2 Å². The molecular weight excluding hydrogens is 254 g/mol. The normalized spacial score (nSPS) is 13.2. The molecule has 0 spiro atoms. The van der Waals surface area contributed by atoms with Gasteiger partial charge in [-0.1, -0.05) is 48.5 Å². The van der Waals surface area contributed by atoms with Crippen LogP contribution in [0.2, 0.25) is 0 Å². The Labute approximate surface area is 128 Å². The van der Waals surface area contributed by atoms with E-state index in [1.807, 2.05) is 27.7 Å². The SMILES string of the molecule is C.C=C.CC.CC.CCCC1CCCN1.CO.O=CO. The highest BCUT2D eigenvalue weighted by atomic mass is 16.3. The second-order valence-electron chi connectivity index (χ2n) is 2.69. The summed E-state index contributed by atoms with van der Waals surface area (Å²) in [5, 5.41) is 17.3. The van der Waals surface area contributed by atoms with Crippen molar-refractivity contribution in [2.45, 2.75) is 73.8 Å². The van der Waals surface area contributed by atoms with E-state index in [1.54, 1.807) is 0 Å². The van der Waals surface area contributed by atoms with Crippen LogP contribution in [0.4, 0.5) is 0 Å². The molecule has 3 N–H and O–H groups in total. The molecule has 4 heteroatoms. The van der Waals surface area contributed by atoms with Crippen LogP contribution in [0.5, 0.6) is 0 Å². The van der Waals surface area contributed by atoms with E-state index < -0.39 is 0 Å². The maximum atomic E-state index is 8.36. The summed E-state index contributed by atoms with van der Waals surface area (Å²) in [5.41, 5.74) is 0. The van der Waals surface area contributed by atoms with E-state index >= 15 is 0 Å². The Morgan fingerprint density at radius 3 is 1.75 bits per heavy atom. The van der Waals surface area contributed by atoms with Crippen LogP contribution < -0.4 is 5.32 Å². The first-order valence-electron chi connectivity index (χ1n) is 7.11. The maximum Gasteiger partial charge on any atom is 0.290 e. The van der Waals surface area contributed by atoms with Crippen molar-refractivity contribution in [3.8, 4) is 0 Å². The summed E-state index contributed by atoms with van der Waals surface area (Å²) < 4.78 is 0. The van der Waals surface area contributed by atoms with Crippen LogP contribution in [0, 0.1) is 0 Å². The van der Waals surface area contributed by atoms with Gasteiger partial charge < -0.3 is 15.5 Å². The first kappa shape index (κ1) is 36.5. The summed E-state index contributed by atoms with van der Waals surface area (Å²) in [6.45, 7) is 17.3. The molecule has 0 aromatic carbocycles. The van der Waals surface area contributed by atoms with E-state index in [-0.39, 0.29) is 13.9 Å². The van der Waals surface area contributed by atoms with Gasteiger partial charge in [-0.05, 0) is 25.8 Å². The predicted molar refractivity (Wildman–Crippen MR) is 93.4 cm³/mol. The van der Waals surface area contributed by atoms with Crippen LogP contribution in [0.15, 0.2) is 13.2 Å². The molecule has 1 heterocycles. The van der Waals surface area contributed by atoms with Crippen LogP contribution >= 0.6 is 0 Å². The summed E-state index contributed by atoms with van der Waals surface area (Å²) in [5.74, 6) is 0. The first-order chi connectivity index (χ1) is 9.35. The molecule has 0 saturated carbocycles. The quantitative estimate of drug-likeness (QED) is 0.523. The van der Waals surface area contributed by atoms with E-state index in [2.05, 4.69) is 25.4 Å². The fourth-order valence-electron chi connectivity index (χ4n) is 1.35. The molecule has 1 atom stereocenters. The van der Waals surface area contributed by atoms with Gasteiger partial charge in [0.1, 0.15) is 0 Å². The second kappa shape index (κ2) is 63.8. The highest BCUT2D eigenvalue weighted by molar-refractivity contribution is 5.32. The molecule has 4 nitrogen and oxygen atoms in total. The fraction of sp³-hybridized carbons (Fsp3) is 0.812. The molecule has 0 radical (unpaired) electrons. The molecule has 1 saturated heterocycles. The average Bonchev–Trinajstić information content (AvgIpc) is 3.02. The minimum Gasteiger partial charge on any atom is -0.483 e. The Kier molecular flexibility index (Phi) is 116. The van der Waals surface area contributed by atoms with Gasteiger partial charge in [-0.2, -0.15) is 0 Å². The lowest BCUT2D eigenvalue weighted by molar-refractivity contribution is -0.122. The van der Waals surface area contributed by atoms with Crippen molar-refractivity contribution >= 4 is 6.47 Å². The largest absolute Gasteiger partial charge is 0.483 e. The molecule has 1 aliphatic heterocycles. The maximum absolute atomic E-state index is 8.36. The monoisotopic (exact) mass is 295 g/mol. The zero-order chi connectivity index (χ0) is 16.5. The van der Waals surface area contributed by atoms with Gasteiger partial charge >= 0.3 is 0 Å². The van der Waals surface area contributed by atoms with E-state index in [0.717, 1.165) is 13.2 Å². The Morgan fingerprint density at radius 1 is 1.20 bits per heavy atom. The molecule has 128 valence electrons. The number of hydrogen-bond acceptors (Lipinski definition) is 3. The van der Waals surface area contributed by atoms with Crippen molar-refractivity contribution in [1.29, 1.82) is 0 Å². The minimum atomic E-state index is -0.250. The summed E-state index contributed by atoms with van der Waals surface area (Å²) in [6.07, 6.45) is 5.51.